The third-order valence-electron chi connectivity index (χ3n) is 3.18. The highest BCUT2D eigenvalue weighted by atomic mass is 32.2. The Balaban J connectivity index is 1.92. The molecule has 2 aliphatic rings. The lowest BCUT2D eigenvalue weighted by molar-refractivity contribution is 0.354. The minimum atomic E-state index is 0.325. The fourth-order valence-electron chi connectivity index (χ4n) is 2.19. The second kappa shape index (κ2) is 5.05. The van der Waals surface area contributed by atoms with Crippen molar-refractivity contribution in [1.29, 1.82) is 0 Å². The van der Waals surface area contributed by atoms with Crippen molar-refractivity contribution < 1.29 is 9.47 Å². The van der Waals surface area contributed by atoms with Crippen LogP contribution >= 0.6 is 11.8 Å². The maximum absolute atomic E-state index is 5.36. The molecule has 4 heteroatoms. The third-order valence-corrected chi connectivity index (χ3v) is 4.45. The van der Waals surface area contributed by atoms with E-state index in [1.165, 1.54) is 16.0 Å². The second-order valence-corrected chi connectivity index (χ2v) is 5.47. The highest BCUT2D eigenvalue weighted by Crippen LogP contribution is 2.48. The standard InChI is InChI=1S/C15H15NO2S/c1-17-12-4-3-10(7-13(12)18-2)14-8-11-5-6-16-9-15(11)19-14/h3-9,14,16H,1-2H3. The first-order chi connectivity index (χ1) is 9.31. The van der Waals surface area contributed by atoms with Gasteiger partial charge in [-0.2, -0.15) is 0 Å². The van der Waals surface area contributed by atoms with E-state index >= 15 is 0 Å². The van der Waals surface area contributed by atoms with Gasteiger partial charge in [-0.15, -0.1) is 11.8 Å². The first-order valence-electron chi connectivity index (χ1n) is 6.05. The number of allylic oxidation sites excluding steroid dienone is 2. The number of fused-ring (bicyclic) bond motifs is 1. The summed E-state index contributed by atoms with van der Waals surface area (Å²) < 4.78 is 10.6. The Kier molecular flexibility index (Phi) is 3.25. The molecule has 1 aromatic rings. The van der Waals surface area contributed by atoms with Crippen LogP contribution in [0, 0.1) is 0 Å². The van der Waals surface area contributed by atoms with Gasteiger partial charge < -0.3 is 14.8 Å². The average Bonchev–Trinajstić information content (AvgIpc) is 2.90. The molecule has 0 aliphatic carbocycles. The van der Waals surface area contributed by atoms with Gasteiger partial charge in [-0.3, -0.25) is 0 Å². The molecule has 98 valence electrons. The van der Waals surface area contributed by atoms with Crippen molar-refractivity contribution in [2.24, 2.45) is 0 Å². The molecule has 3 rings (SSSR count). The van der Waals surface area contributed by atoms with Gasteiger partial charge in [-0.1, -0.05) is 12.1 Å². The summed E-state index contributed by atoms with van der Waals surface area (Å²) in [5.74, 6) is 1.54. The zero-order valence-electron chi connectivity index (χ0n) is 10.8. The summed E-state index contributed by atoms with van der Waals surface area (Å²) in [6.07, 6.45) is 8.36. The normalized spacial score (nSPS) is 20.2. The Labute approximate surface area is 117 Å². The predicted octanol–water partition coefficient (Wildman–Crippen LogP) is 3.38. The largest absolute Gasteiger partial charge is 0.493 e. The van der Waals surface area contributed by atoms with Gasteiger partial charge in [0.15, 0.2) is 11.5 Å². The van der Waals surface area contributed by atoms with Crippen molar-refractivity contribution in [3.8, 4) is 11.5 Å². The van der Waals surface area contributed by atoms with E-state index in [4.69, 9.17) is 9.47 Å². The van der Waals surface area contributed by atoms with Gasteiger partial charge in [0.05, 0.1) is 19.5 Å². The molecule has 1 aromatic carbocycles. The van der Waals surface area contributed by atoms with Crippen molar-refractivity contribution >= 4 is 11.8 Å². The van der Waals surface area contributed by atoms with Crippen LogP contribution in [-0.2, 0) is 0 Å². The molecule has 3 nitrogen and oxygen atoms in total. The Morgan fingerprint density at radius 2 is 2.00 bits per heavy atom. The minimum Gasteiger partial charge on any atom is -0.493 e. The van der Waals surface area contributed by atoms with Crippen LogP contribution < -0.4 is 14.8 Å². The van der Waals surface area contributed by atoms with E-state index < -0.39 is 0 Å². The molecule has 1 unspecified atom stereocenters. The van der Waals surface area contributed by atoms with Gasteiger partial charge in [0.25, 0.3) is 0 Å². The van der Waals surface area contributed by atoms with E-state index in [9.17, 15) is 0 Å². The molecule has 0 fully saturated rings. The molecule has 0 radical (unpaired) electrons. The van der Waals surface area contributed by atoms with Crippen LogP contribution in [0.15, 0.2) is 53.2 Å². The molecule has 1 atom stereocenters. The third kappa shape index (κ3) is 2.24. The van der Waals surface area contributed by atoms with Crippen molar-refractivity contribution in [2.45, 2.75) is 5.25 Å². The predicted molar refractivity (Wildman–Crippen MR) is 78.3 cm³/mol. The Bertz CT molecular complexity index is 590. The number of dihydropyridines is 1. The highest BCUT2D eigenvalue weighted by Gasteiger charge is 2.23. The molecule has 0 aromatic heterocycles. The molecule has 2 aliphatic heterocycles. The molecule has 0 bridgehead atoms. The molecule has 0 saturated heterocycles. The molecular weight excluding hydrogens is 258 g/mol. The van der Waals surface area contributed by atoms with Gasteiger partial charge in [0, 0.05) is 17.3 Å². The van der Waals surface area contributed by atoms with Crippen LogP contribution in [0.4, 0.5) is 0 Å². The van der Waals surface area contributed by atoms with Crippen LogP contribution in [0.25, 0.3) is 0 Å². The molecule has 0 saturated carbocycles. The van der Waals surface area contributed by atoms with Crippen LogP contribution in [0.5, 0.6) is 11.5 Å². The first kappa shape index (κ1) is 12.2. The van der Waals surface area contributed by atoms with Crippen LogP contribution in [0.3, 0.4) is 0 Å². The number of thioether (sulfide) groups is 1. The minimum absolute atomic E-state index is 0.325. The molecule has 1 N–H and O–H groups in total. The van der Waals surface area contributed by atoms with E-state index in [0.29, 0.717) is 5.25 Å². The van der Waals surface area contributed by atoms with Gasteiger partial charge in [0.1, 0.15) is 0 Å². The van der Waals surface area contributed by atoms with Crippen molar-refractivity contribution in [2.75, 3.05) is 14.2 Å². The summed E-state index contributed by atoms with van der Waals surface area (Å²) in [6, 6.07) is 6.09. The van der Waals surface area contributed by atoms with E-state index in [-0.39, 0.29) is 0 Å². The van der Waals surface area contributed by atoms with Crippen LogP contribution in [0.1, 0.15) is 10.8 Å². The van der Waals surface area contributed by atoms with Gasteiger partial charge in [0.2, 0.25) is 0 Å². The number of benzene rings is 1. The molecular formula is C15H15NO2S. The lowest BCUT2D eigenvalue weighted by atomic mass is 10.1. The smallest absolute Gasteiger partial charge is 0.161 e. The van der Waals surface area contributed by atoms with Crippen molar-refractivity contribution in [3.05, 3.63) is 58.8 Å². The van der Waals surface area contributed by atoms with E-state index in [1.807, 2.05) is 36.3 Å². The summed E-state index contributed by atoms with van der Waals surface area (Å²) >= 11 is 1.84. The number of nitrogens with one attached hydrogen (secondary N) is 1. The van der Waals surface area contributed by atoms with Crippen LogP contribution in [0.2, 0.25) is 0 Å². The molecule has 19 heavy (non-hydrogen) atoms. The van der Waals surface area contributed by atoms with Gasteiger partial charge in [-0.05, 0) is 29.3 Å². The van der Waals surface area contributed by atoms with Gasteiger partial charge >= 0.3 is 0 Å². The average molecular weight is 273 g/mol. The number of hydrogen-bond acceptors (Lipinski definition) is 4. The molecule has 2 heterocycles. The fraction of sp³-hybridized carbons (Fsp3) is 0.200. The number of rotatable bonds is 3. The fourth-order valence-corrected chi connectivity index (χ4v) is 3.37. The van der Waals surface area contributed by atoms with Crippen molar-refractivity contribution in [1.82, 2.24) is 5.32 Å². The highest BCUT2D eigenvalue weighted by molar-refractivity contribution is 8.04. The zero-order valence-corrected chi connectivity index (χ0v) is 11.7. The number of ether oxygens (including phenoxy) is 2. The number of hydrogen-bond donors (Lipinski definition) is 1. The monoisotopic (exact) mass is 273 g/mol. The lowest BCUT2D eigenvalue weighted by Crippen LogP contribution is -1.98. The topological polar surface area (TPSA) is 30.5 Å². The van der Waals surface area contributed by atoms with E-state index in [0.717, 1.165) is 11.5 Å². The Hall–Kier alpha value is -1.81. The molecule has 0 amide bonds. The number of methoxy groups -OCH3 is 2. The maximum atomic E-state index is 5.36. The Morgan fingerprint density at radius 1 is 1.16 bits per heavy atom. The summed E-state index contributed by atoms with van der Waals surface area (Å²) in [5, 5.41) is 3.44. The quantitative estimate of drug-likeness (QED) is 0.914. The Morgan fingerprint density at radius 3 is 2.74 bits per heavy atom. The van der Waals surface area contributed by atoms with Gasteiger partial charge in [-0.25, -0.2) is 0 Å². The van der Waals surface area contributed by atoms with Crippen molar-refractivity contribution in [3.63, 3.8) is 0 Å². The summed E-state index contributed by atoms with van der Waals surface area (Å²) in [6.45, 7) is 0. The summed E-state index contributed by atoms with van der Waals surface area (Å²) in [4.78, 5) is 1.28. The molecule has 0 spiro atoms. The van der Waals surface area contributed by atoms with Crippen LogP contribution in [-0.4, -0.2) is 14.2 Å². The van der Waals surface area contributed by atoms with E-state index in [1.54, 1.807) is 14.2 Å². The lowest BCUT2D eigenvalue weighted by Gasteiger charge is -2.12. The summed E-state index contributed by atoms with van der Waals surface area (Å²) in [7, 11) is 3.32. The SMILES string of the molecule is COc1ccc(C2C=C3C=CNC=C3S2)cc1OC. The first-order valence-corrected chi connectivity index (χ1v) is 6.93. The second-order valence-electron chi connectivity index (χ2n) is 4.28. The maximum Gasteiger partial charge on any atom is 0.161 e. The van der Waals surface area contributed by atoms with E-state index in [2.05, 4.69) is 23.5 Å². The summed E-state index contributed by atoms with van der Waals surface area (Å²) in [5.41, 5.74) is 2.50. The zero-order chi connectivity index (χ0) is 13.2.